The van der Waals surface area contributed by atoms with Crippen LogP contribution in [0.15, 0.2) is 25.3 Å². The van der Waals surface area contributed by atoms with Gasteiger partial charge >= 0.3 is 11.9 Å². The molecule has 0 atom stereocenters. The van der Waals surface area contributed by atoms with Gasteiger partial charge in [-0.3, -0.25) is 10.6 Å². The summed E-state index contributed by atoms with van der Waals surface area (Å²) in [5.74, 6) is 1.34. The molecule has 2 saturated carbocycles. The summed E-state index contributed by atoms with van der Waals surface area (Å²) in [4.78, 5) is 22.2. The van der Waals surface area contributed by atoms with Gasteiger partial charge in [-0.2, -0.15) is 0 Å². The van der Waals surface area contributed by atoms with E-state index in [1.54, 1.807) is 0 Å². The Labute approximate surface area is 191 Å². The van der Waals surface area contributed by atoms with Gasteiger partial charge < -0.3 is 18.9 Å². The Morgan fingerprint density at radius 3 is 1.62 bits per heavy atom. The first-order valence-electron chi connectivity index (χ1n) is 11.9. The van der Waals surface area contributed by atoms with Gasteiger partial charge in [-0.15, -0.1) is 0 Å². The van der Waals surface area contributed by atoms with Crippen LogP contribution < -0.4 is 10.6 Å². The Morgan fingerprint density at radius 1 is 0.688 bits per heavy atom. The van der Waals surface area contributed by atoms with Gasteiger partial charge in [0.1, 0.15) is 0 Å². The van der Waals surface area contributed by atoms with Gasteiger partial charge in [0.2, 0.25) is 0 Å². The third kappa shape index (κ3) is 7.69. The van der Waals surface area contributed by atoms with Crippen molar-refractivity contribution in [3.63, 3.8) is 0 Å². The Balaban J connectivity index is 1.27. The zero-order valence-electron chi connectivity index (χ0n) is 19.0. The molecule has 3 aliphatic rings. The van der Waals surface area contributed by atoms with Crippen LogP contribution in [0.2, 0.25) is 0 Å². The molecule has 0 spiro atoms. The molecule has 1 saturated heterocycles. The van der Waals surface area contributed by atoms with E-state index in [1.807, 2.05) is 0 Å². The Morgan fingerprint density at radius 2 is 1.12 bits per heavy atom. The van der Waals surface area contributed by atoms with Crippen molar-refractivity contribution in [1.82, 2.24) is 10.6 Å². The minimum absolute atomic E-state index is 0.00195. The minimum atomic E-state index is -0.466. The van der Waals surface area contributed by atoms with Gasteiger partial charge in [-0.05, 0) is 69.1 Å². The highest BCUT2D eigenvalue weighted by molar-refractivity contribution is 5.81. The summed E-state index contributed by atoms with van der Waals surface area (Å²) in [6.45, 7) is 8.26. The molecule has 180 valence electrons. The van der Waals surface area contributed by atoms with Crippen molar-refractivity contribution in [2.24, 2.45) is 17.8 Å². The van der Waals surface area contributed by atoms with Crippen LogP contribution in [0.5, 0.6) is 0 Å². The SMILES string of the molecule is C=CC(=O)OCOC1CCC(C2CCC(C3NCC(OCOC(=O)C=C)CN3)CC2)CC1. The van der Waals surface area contributed by atoms with Crippen LogP contribution in [0.1, 0.15) is 51.4 Å². The summed E-state index contributed by atoms with van der Waals surface area (Å²) in [7, 11) is 0. The molecule has 0 aromatic heterocycles. The number of rotatable bonds is 10. The molecule has 32 heavy (non-hydrogen) atoms. The van der Waals surface area contributed by atoms with E-state index in [-0.39, 0.29) is 25.8 Å². The standard InChI is InChI=1S/C24H38N2O6/c1-3-22(27)31-15-29-20-11-9-18(10-12-20)17-5-7-19(8-6-17)24-25-13-21(14-26-24)30-16-32-23(28)4-2/h3-4,17-21,24-26H,1-2,5-16H2. The average Bonchev–Trinajstić information content (AvgIpc) is 2.85. The van der Waals surface area contributed by atoms with E-state index in [4.69, 9.17) is 18.9 Å². The van der Waals surface area contributed by atoms with Gasteiger partial charge in [0, 0.05) is 25.2 Å². The summed E-state index contributed by atoms with van der Waals surface area (Å²) in [5, 5.41) is 7.14. The molecular weight excluding hydrogens is 412 g/mol. The monoisotopic (exact) mass is 450 g/mol. The van der Waals surface area contributed by atoms with Crippen molar-refractivity contribution in [2.75, 3.05) is 26.7 Å². The maximum atomic E-state index is 11.1. The van der Waals surface area contributed by atoms with Crippen molar-refractivity contribution in [2.45, 2.75) is 69.7 Å². The predicted octanol–water partition coefficient (Wildman–Crippen LogP) is 2.65. The number of hydrogen-bond acceptors (Lipinski definition) is 8. The van der Waals surface area contributed by atoms with Crippen LogP contribution in [0, 0.1) is 17.8 Å². The van der Waals surface area contributed by atoms with Crippen molar-refractivity contribution < 1.29 is 28.5 Å². The lowest BCUT2D eigenvalue weighted by Gasteiger charge is -2.41. The zero-order chi connectivity index (χ0) is 22.8. The maximum Gasteiger partial charge on any atom is 0.332 e. The molecular formula is C24H38N2O6. The minimum Gasteiger partial charge on any atom is -0.435 e. The molecule has 2 N–H and O–H groups in total. The lowest BCUT2D eigenvalue weighted by Crippen LogP contribution is -2.59. The quantitative estimate of drug-likeness (QED) is 0.298. The van der Waals surface area contributed by atoms with Crippen molar-refractivity contribution in [3.8, 4) is 0 Å². The lowest BCUT2D eigenvalue weighted by atomic mass is 9.70. The van der Waals surface area contributed by atoms with E-state index in [0.29, 0.717) is 12.1 Å². The van der Waals surface area contributed by atoms with Gasteiger partial charge in [-0.25, -0.2) is 9.59 Å². The van der Waals surface area contributed by atoms with Crippen LogP contribution in [-0.4, -0.2) is 57.0 Å². The molecule has 0 amide bonds. The largest absolute Gasteiger partial charge is 0.435 e. The molecule has 8 heteroatoms. The fraction of sp³-hybridized carbons (Fsp3) is 0.750. The van der Waals surface area contributed by atoms with Gasteiger partial charge in [0.25, 0.3) is 0 Å². The molecule has 1 heterocycles. The fourth-order valence-electron chi connectivity index (χ4n) is 5.28. The molecule has 0 unspecified atom stereocenters. The van der Waals surface area contributed by atoms with E-state index < -0.39 is 11.9 Å². The molecule has 3 fully saturated rings. The first kappa shape index (κ1) is 24.9. The van der Waals surface area contributed by atoms with Crippen LogP contribution in [0.3, 0.4) is 0 Å². The van der Waals surface area contributed by atoms with Crippen LogP contribution in [0.25, 0.3) is 0 Å². The van der Waals surface area contributed by atoms with Crippen LogP contribution in [-0.2, 0) is 28.5 Å². The Hall–Kier alpha value is -1.74. The Bertz CT molecular complexity index is 564. The van der Waals surface area contributed by atoms with Gasteiger partial charge in [0.05, 0.1) is 18.4 Å². The second kappa shape index (κ2) is 13.1. The van der Waals surface area contributed by atoms with Gasteiger partial charge in [-0.1, -0.05) is 13.2 Å². The molecule has 1 aliphatic heterocycles. The molecule has 0 aromatic rings. The van der Waals surface area contributed by atoms with Crippen LogP contribution in [0.4, 0.5) is 0 Å². The summed E-state index contributed by atoms with van der Waals surface area (Å²) in [6.07, 6.45) is 12.4. The maximum absolute atomic E-state index is 11.1. The highest BCUT2D eigenvalue weighted by Gasteiger charge is 2.34. The smallest absolute Gasteiger partial charge is 0.332 e. The highest BCUT2D eigenvalue weighted by Crippen LogP contribution is 2.41. The van der Waals surface area contributed by atoms with Crippen molar-refractivity contribution in [1.29, 1.82) is 0 Å². The summed E-state index contributed by atoms with van der Waals surface area (Å²) < 4.78 is 21.1. The second-order valence-electron chi connectivity index (χ2n) is 9.03. The van der Waals surface area contributed by atoms with Crippen molar-refractivity contribution >= 4 is 11.9 Å². The lowest BCUT2D eigenvalue weighted by molar-refractivity contribution is -0.157. The second-order valence-corrected chi connectivity index (χ2v) is 9.03. The molecule has 2 aliphatic carbocycles. The highest BCUT2D eigenvalue weighted by atomic mass is 16.7. The number of nitrogens with one attached hydrogen (secondary N) is 2. The van der Waals surface area contributed by atoms with E-state index in [9.17, 15) is 9.59 Å². The number of hydrogen-bond donors (Lipinski definition) is 2. The number of esters is 2. The topological polar surface area (TPSA) is 95.1 Å². The normalized spacial score (nSPS) is 33.1. The van der Waals surface area contributed by atoms with E-state index in [2.05, 4.69) is 23.8 Å². The molecule has 0 radical (unpaired) electrons. The first-order chi connectivity index (χ1) is 15.6. The number of carbonyl (C=O) groups excluding carboxylic acids is 2. The van der Waals surface area contributed by atoms with Gasteiger partial charge in [0.15, 0.2) is 13.6 Å². The zero-order valence-corrected chi connectivity index (χ0v) is 19.0. The molecule has 3 rings (SSSR count). The predicted molar refractivity (Wildman–Crippen MR) is 119 cm³/mol. The fourth-order valence-corrected chi connectivity index (χ4v) is 5.28. The third-order valence-corrected chi connectivity index (χ3v) is 7.15. The van der Waals surface area contributed by atoms with E-state index in [0.717, 1.165) is 49.9 Å². The summed E-state index contributed by atoms with van der Waals surface area (Å²) in [6, 6.07) is 0. The molecule has 0 aromatic carbocycles. The first-order valence-corrected chi connectivity index (χ1v) is 11.9. The van der Waals surface area contributed by atoms with Crippen LogP contribution >= 0.6 is 0 Å². The molecule has 0 bridgehead atoms. The molecule has 8 nitrogen and oxygen atoms in total. The third-order valence-electron chi connectivity index (χ3n) is 7.15. The summed E-state index contributed by atoms with van der Waals surface area (Å²) in [5.41, 5.74) is 0. The van der Waals surface area contributed by atoms with E-state index >= 15 is 0 Å². The summed E-state index contributed by atoms with van der Waals surface area (Å²) >= 11 is 0. The average molecular weight is 451 g/mol. The number of carbonyl (C=O) groups is 2. The number of ether oxygens (including phenoxy) is 4. The Kier molecular flexibility index (Phi) is 10.2. The van der Waals surface area contributed by atoms with Crippen molar-refractivity contribution in [3.05, 3.63) is 25.3 Å². The van der Waals surface area contributed by atoms with E-state index in [1.165, 1.54) is 38.5 Å².